The van der Waals surface area contributed by atoms with E-state index < -0.39 is 0 Å². The lowest BCUT2D eigenvalue weighted by Gasteiger charge is -2.24. The summed E-state index contributed by atoms with van der Waals surface area (Å²) in [5.41, 5.74) is 2.36. The molecule has 0 saturated heterocycles. The van der Waals surface area contributed by atoms with Gasteiger partial charge in [-0.25, -0.2) is 0 Å². The molecule has 0 amide bonds. The minimum atomic E-state index is 0.0499. The van der Waals surface area contributed by atoms with E-state index in [-0.39, 0.29) is 10.6 Å². The van der Waals surface area contributed by atoms with Gasteiger partial charge in [-0.1, -0.05) is 45.3 Å². The van der Waals surface area contributed by atoms with E-state index >= 15 is 0 Å². The van der Waals surface area contributed by atoms with E-state index in [1.54, 1.807) is 0 Å². The third-order valence-electron chi connectivity index (χ3n) is 2.44. The number of rotatable bonds is 3. The van der Waals surface area contributed by atoms with Crippen molar-refractivity contribution in [1.29, 1.82) is 0 Å². The molecule has 0 aromatic heterocycles. The van der Waals surface area contributed by atoms with Crippen LogP contribution in [0.15, 0.2) is 23.3 Å². The molecule has 0 unspecified atom stereocenters. The Labute approximate surface area is 97.0 Å². The Bertz CT molecular complexity index is 314. The van der Waals surface area contributed by atoms with Crippen molar-refractivity contribution >= 4 is 15.7 Å². The normalized spacial score (nSPS) is 14.9. The first-order chi connectivity index (χ1) is 6.62. The lowest BCUT2D eigenvalue weighted by Crippen LogP contribution is -2.09. The molecule has 80 valence electrons. The van der Waals surface area contributed by atoms with Gasteiger partial charge in [0.1, 0.15) is 15.7 Å². The van der Waals surface area contributed by atoms with Gasteiger partial charge in [0.05, 0.1) is 0 Å². The quantitative estimate of drug-likeness (QED) is 0.372. The monoisotopic (exact) mass is 200 g/mol. The first-order valence-electron chi connectivity index (χ1n) is 5.48. The number of hydrogen-bond acceptors (Lipinski definition) is 0. The standard InChI is InChI=1S/C13H22B2/c1-7-10(12(3,4)14)9-11(8-2)13(5,6)15/h1,8-9H,14-15H2,2-6H3/b10-9+,11-8+. The lowest BCUT2D eigenvalue weighted by molar-refractivity contribution is 0.795. The van der Waals surface area contributed by atoms with Crippen molar-refractivity contribution in [2.45, 2.75) is 45.2 Å². The molecule has 0 radical (unpaired) electrons. The first-order valence-corrected chi connectivity index (χ1v) is 5.48. The summed E-state index contributed by atoms with van der Waals surface area (Å²) in [7, 11) is 4.35. The lowest BCUT2D eigenvalue weighted by atomic mass is 9.63. The fourth-order valence-electron chi connectivity index (χ4n) is 1.36. The Morgan fingerprint density at radius 1 is 1.13 bits per heavy atom. The highest BCUT2D eigenvalue weighted by Crippen LogP contribution is 2.36. The summed E-state index contributed by atoms with van der Waals surface area (Å²) in [6.07, 6.45) is 9.85. The molecule has 0 aliphatic rings. The van der Waals surface area contributed by atoms with Gasteiger partial charge in [0.25, 0.3) is 0 Å². The van der Waals surface area contributed by atoms with Crippen molar-refractivity contribution in [2.75, 3.05) is 0 Å². The molecule has 0 aromatic rings. The summed E-state index contributed by atoms with van der Waals surface area (Å²) in [4.78, 5) is 0. The van der Waals surface area contributed by atoms with Crippen molar-refractivity contribution in [2.24, 2.45) is 0 Å². The van der Waals surface area contributed by atoms with Crippen LogP contribution in [0, 0.1) is 12.3 Å². The topological polar surface area (TPSA) is 0 Å². The van der Waals surface area contributed by atoms with E-state index in [1.165, 1.54) is 5.57 Å². The second kappa shape index (κ2) is 4.79. The van der Waals surface area contributed by atoms with Crippen LogP contribution >= 0.6 is 0 Å². The number of hydrogen-bond donors (Lipinski definition) is 0. The SMILES string of the molecule is BC(C)(C)/C(C#C)=C/C(=C\C)C(B)(C)C. The Balaban J connectivity index is 5.29. The summed E-state index contributed by atoms with van der Waals surface area (Å²) < 4.78 is 0. The largest absolute Gasteiger partial charge is 0.115 e. The van der Waals surface area contributed by atoms with E-state index in [0.717, 1.165) is 5.57 Å². The Morgan fingerprint density at radius 2 is 1.60 bits per heavy atom. The Morgan fingerprint density at radius 3 is 1.80 bits per heavy atom. The van der Waals surface area contributed by atoms with Crippen LogP contribution < -0.4 is 0 Å². The van der Waals surface area contributed by atoms with Gasteiger partial charge in [-0.05, 0) is 29.2 Å². The van der Waals surface area contributed by atoms with Crippen LogP contribution in [0.5, 0.6) is 0 Å². The zero-order valence-electron chi connectivity index (χ0n) is 11.2. The third kappa shape index (κ3) is 4.47. The zero-order chi connectivity index (χ0) is 12.3. The molecule has 0 aliphatic carbocycles. The Kier molecular flexibility index (Phi) is 4.53. The molecule has 0 heterocycles. The molecule has 2 heteroatoms. The smallest absolute Gasteiger partial charge is 0.115 e. The fourth-order valence-corrected chi connectivity index (χ4v) is 1.36. The van der Waals surface area contributed by atoms with E-state index in [1.807, 2.05) is 0 Å². The van der Waals surface area contributed by atoms with Crippen LogP contribution in [0.1, 0.15) is 34.6 Å². The summed E-state index contributed by atoms with van der Waals surface area (Å²) in [5.74, 6) is 2.80. The van der Waals surface area contributed by atoms with Crippen molar-refractivity contribution in [3.05, 3.63) is 23.3 Å². The predicted molar refractivity (Wildman–Crippen MR) is 75.8 cm³/mol. The minimum Gasteiger partial charge on any atom is -0.115 e. The Hall–Kier alpha value is -0.830. The van der Waals surface area contributed by atoms with Gasteiger partial charge in [0.2, 0.25) is 0 Å². The highest BCUT2D eigenvalue weighted by atomic mass is 14.2. The van der Waals surface area contributed by atoms with Crippen molar-refractivity contribution in [3.63, 3.8) is 0 Å². The van der Waals surface area contributed by atoms with Crippen molar-refractivity contribution in [3.8, 4) is 12.3 Å². The van der Waals surface area contributed by atoms with Gasteiger partial charge in [-0.2, -0.15) is 0 Å². The van der Waals surface area contributed by atoms with Crippen molar-refractivity contribution in [1.82, 2.24) is 0 Å². The molecule has 0 N–H and O–H groups in total. The summed E-state index contributed by atoms with van der Waals surface area (Å²) in [6.45, 7) is 10.8. The fraction of sp³-hybridized carbons (Fsp3) is 0.538. The van der Waals surface area contributed by atoms with Gasteiger partial charge in [-0.3, -0.25) is 0 Å². The van der Waals surface area contributed by atoms with E-state index in [2.05, 4.69) is 68.4 Å². The molecule has 0 spiro atoms. The van der Waals surface area contributed by atoms with Crippen LogP contribution in [0.2, 0.25) is 10.6 Å². The minimum absolute atomic E-state index is 0.0499. The molecule has 0 saturated carbocycles. The van der Waals surface area contributed by atoms with Crippen LogP contribution in [-0.4, -0.2) is 15.7 Å². The maximum absolute atomic E-state index is 5.56. The molecular weight excluding hydrogens is 178 g/mol. The van der Waals surface area contributed by atoms with Crippen LogP contribution in [-0.2, 0) is 0 Å². The highest BCUT2D eigenvalue weighted by molar-refractivity contribution is 6.18. The molecule has 0 bridgehead atoms. The molecule has 0 rings (SSSR count). The first kappa shape index (κ1) is 14.2. The molecule has 0 aromatic carbocycles. The van der Waals surface area contributed by atoms with Crippen molar-refractivity contribution < 1.29 is 0 Å². The molecule has 15 heavy (non-hydrogen) atoms. The molecule has 0 nitrogen and oxygen atoms in total. The van der Waals surface area contributed by atoms with Gasteiger partial charge in [0, 0.05) is 0 Å². The maximum Gasteiger partial charge on any atom is 0.115 e. The van der Waals surface area contributed by atoms with Crippen LogP contribution in [0.3, 0.4) is 0 Å². The van der Waals surface area contributed by atoms with Crippen LogP contribution in [0.25, 0.3) is 0 Å². The maximum atomic E-state index is 5.56. The average molecular weight is 200 g/mol. The number of allylic oxidation sites excluding steroid dienone is 4. The highest BCUT2D eigenvalue weighted by Gasteiger charge is 2.19. The van der Waals surface area contributed by atoms with Gasteiger partial charge < -0.3 is 0 Å². The summed E-state index contributed by atoms with van der Waals surface area (Å²) in [6, 6.07) is 0. The molecular formula is C13H22B2. The molecule has 0 aliphatic heterocycles. The molecule has 0 atom stereocenters. The predicted octanol–water partition coefficient (Wildman–Crippen LogP) is 2.16. The number of terminal acetylenes is 1. The second-order valence-corrected chi connectivity index (χ2v) is 5.95. The van der Waals surface area contributed by atoms with Gasteiger partial charge in [0.15, 0.2) is 0 Å². The average Bonchev–Trinajstić information content (AvgIpc) is 2.01. The summed E-state index contributed by atoms with van der Waals surface area (Å²) >= 11 is 0. The third-order valence-corrected chi connectivity index (χ3v) is 2.44. The zero-order valence-corrected chi connectivity index (χ0v) is 11.2. The van der Waals surface area contributed by atoms with Crippen LogP contribution in [0.4, 0.5) is 0 Å². The van der Waals surface area contributed by atoms with Gasteiger partial charge in [-0.15, -0.1) is 6.42 Å². The molecule has 0 fully saturated rings. The summed E-state index contributed by atoms with van der Waals surface area (Å²) in [5, 5.41) is 0.205. The van der Waals surface area contributed by atoms with Gasteiger partial charge >= 0.3 is 0 Å². The van der Waals surface area contributed by atoms with E-state index in [0.29, 0.717) is 0 Å². The second-order valence-electron chi connectivity index (χ2n) is 5.95. The van der Waals surface area contributed by atoms with E-state index in [9.17, 15) is 0 Å². The van der Waals surface area contributed by atoms with E-state index in [4.69, 9.17) is 6.42 Å².